The van der Waals surface area contributed by atoms with Gasteiger partial charge in [-0.05, 0) is 66.9 Å². The molecule has 6 nitrogen and oxygen atoms in total. The highest BCUT2D eigenvalue weighted by atomic mass is 35.5. The standard InChI is InChI=1S/C30H32ClFN4O2.2ClH/c1-2-33-10-5-11-38-27-15-26(36-16-19-8-9-20(17-36)34-19)24-14-25(31)28(29(32)30(24)35-27)23-13-21(37)12-18-6-3-4-7-22(18)23;;/h3-4,6-7,12-15,19-20,33-34,37H,2,5,8-11,16-17H2,1H3;2*1H/t19-,20+;;. The van der Waals surface area contributed by atoms with E-state index in [0.717, 1.165) is 61.9 Å². The Morgan fingerprint density at radius 2 is 1.85 bits per heavy atom. The van der Waals surface area contributed by atoms with Crippen molar-refractivity contribution in [3.63, 3.8) is 0 Å². The van der Waals surface area contributed by atoms with Crippen LogP contribution in [0.1, 0.15) is 26.2 Å². The fourth-order valence-electron chi connectivity index (χ4n) is 5.88. The molecule has 3 N–H and O–H groups in total. The Morgan fingerprint density at radius 3 is 2.60 bits per heavy atom. The van der Waals surface area contributed by atoms with Crippen LogP contribution >= 0.6 is 36.4 Å². The van der Waals surface area contributed by atoms with Crippen LogP contribution in [0.3, 0.4) is 0 Å². The van der Waals surface area contributed by atoms with Crippen LogP contribution in [0.15, 0.2) is 48.5 Å². The lowest BCUT2D eigenvalue weighted by Crippen LogP contribution is -2.51. The quantitative estimate of drug-likeness (QED) is 0.193. The van der Waals surface area contributed by atoms with Crippen molar-refractivity contribution in [3.8, 4) is 22.8 Å². The van der Waals surface area contributed by atoms with Crippen molar-refractivity contribution in [2.75, 3.05) is 37.7 Å². The second-order valence-electron chi connectivity index (χ2n) is 10.2. The van der Waals surface area contributed by atoms with Gasteiger partial charge in [0.25, 0.3) is 0 Å². The Kier molecular flexibility index (Phi) is 9.85. The molecule has 0 saturated carbocycles. The van der Waals surface area contributed by atoms with Gasteiger partial charge in [-0.1, -0.05) is 42.8 Å². The smallest absolute Gasteiger partial charge is 0.216 e. The van der Waals surface area contributed by atoms with E-state index in [1.165, 1.54) is 0 Å². The number of anilines is 1. The number of hydrogen-bond donors (Lipinski definition) is 3. The van der Waals surface area contributed by atoms with Crippen molar-refractivity contribution >= 4 is 63.8 Å². The second kappa shape index (κ2) is 13.0. The van der Waals surface area contributed by atoms with Crippen molar-refractivity contribution < 1.29 is 14.2 Å². The average Bonchev–Trinajstić information content (AvgIpc) is 3.25. The van der Waals surface area contributed by atoms with Gasteiger partial charge in [0.15, 0.2) is 5.82 Å². The third-order valence-corrected chi connectivity index (χ3v) is 7.92. The predicted molar refractivity (Wildman–Crippen MR) is 167 cm³/mol. The second-order valence-corrected chi connectivity index (χ2v) is 10.6. The number of phenols is 1. The number of piperazine rings is 1. The lowest BCUT2D eigenvalue weighted by atomic mass is 9.95. The summed E-state index contributed by atoms with van der Waals surface area (Å²) in [5.41, 5.74) is 1.88. The van der Waals surface area contributed by atoms with Crippen molar-refractivity contribution in [2.24, 2.45) is 0 Å². The van der Waals surface area contributed by atoms with E-state index in [9.17, 15) is 5.11 Å². The minimum absolute atomic E-state index is 0. The molecule has 2 bridgehead atoms. The third-order valence-electron chi connectivity index (χ3n) is 7.62. The first-order chi connectivity index (χ1) is 18.5. The first-order valence-electron chi connectivity index (χ1n) is 13.4. The van der Waals surface area contributed by atoms with E-state index in [1.807, 2.05) is 36.4 Å². The third kappa shape index (κ3) is 5.90. The molecule has 3 heterocycles. The molecule has 1 aromatic heterocycles. The normalized spacial score (nSPS) is 18.0. The summed E-state index contributed by atoms with van der Waals surface area (Å²) in [7, 11) is 0. The van der Waals surface area contributed by atoms with Crippen molar-refractivity contribution in [2.45, 2.75) is 38.3 Å². The molecule has 3 aromatic carbocycles. The topological polar surface area (TPSA) is 69.7 Å². The molecular weight excluding hydrogens is 574 g/mol. The van der Waals surface area contributed by atoms with Gasteiger partial charge in [-0.25, -0.2) is 9.37 Å². The number of halogens is 4. The summed E-state index contributed by atoms with van der Waals surface area (Å²) >= 11 is 6.83. The van der Waals surface area contributed by atoms with Gasteiger partial charge >= 0.3 is 0 Å². The molecule has 2 fully saturated rings. The summed E-state index contributed by atoms with van der Waals surface area (Å²) in [4.78, 5) is 6.96. The molecule has 214 valence electrons. The fourth-order valence-corrected chi connectivity index (χ4v) is 6.17. The van der Waals surface area contributed by atoms with Gasteiger partial charge in [-0.2, -0.15) is 0 Å². The lowest BCUT2D eigenvalue weighted by Gasteiger charge is -2.35. The molecule has 0 unspecified atom stereocenters. The van der Waals surface area contributed by atoms with Crippen LogP contribution in [-0.4, -0.2) is 55.0 Å². The first-order valence-corrected chi connectivity index (χ1v) is 13.8. The van der Waals surface area contributed by atoms with Crippen LogP contribution in [-0.2, 0) is 0 Å². The zero-order chi connectivity index (χ0) is 26.2. The molecule has 2 atom stereocenters. The fraction of sp³-hybridized carbons (Fsp3) is 0.367. The Morgan fingerprint density at radius 1 is 1.10 bits per heavy atom. The molecule has 0 amide bonds. The maximum atomic E-state index is 16.5. The number of fused-ring (bicyclic) bond motifs is 4. The number of pyridine rings is 1. The van der Waals surface area contributed by atoms with E-state index < -0.39 is 5.82 Å². The van der Waals surface area contributed by atoms with Gasteiger partial charge < -0.3 is 25.4 Å². The Labute approximate surface area is 251 Å². The average molecular weight is 608 g/mol. The van der Waals surface area contributed by atoms with E-state index in [0.29, 0.717) is 35.5 Å². The summed E-state index contributed by atoms with van der Waals surface area (Å²) in [6.07, 6.45) is 3.11. The van der Waals surface area contributed by atoms with Crippen molar-refractivity contribution in [3.05, 3.63) is 59.4 Å². The number of rotatable bonds is 8. The van der Waals surface area contributed by atoms with Gasteiger partial charge in [-0.3, -0.25) is 0 Å². The molecule has 0 aliphatic carbocycles. The molecule has 2 aliphatic rings. The lowest BCUT2D eigenvalue weighted by molar-refractivity contribution is 0.298. The minimum atomic E-state index is -0.513. The predicted octanol–water partition coefficient (Wildman–Crippen LogP) is 6.72. The molecule has 0 spiro atoms. The maximum absolute atomic E-state index is 16.5. The number of phenolic OH excluding ortho intramolecular Hbond substituents is 1. The number of benzene rings is 3. The highest BCUT2D eigenvalue weighted by Gasteiger charge is 2.33. The Hall–Kier alpha value is -2.55. The van der Waals surface area contributed by atoms with Gasteiger partial charge in [-0.15, -0.1) is 24.8 Å². The number of nitrogens with one attached hydrogen (secondary N) is 2. The summed E-state index contributed by atoms with van der Waals surface area (Å²) in [5, 5.41) is 19.9. The van der Waals surface area contributed by atoms with Crippen LogP contribution in [0, 0.1) is 5.82 Å². The van der Waals surface area contributed by atoms with Crippen LogP contribution in [0.5, 0.6) is 11.6 Å². The van der Waals surface area contributed by atoms with E-state index >= 15 is 4.39 Å². The largest absolute Gasteiger partial charge is 0.508 e. The van der Waals surface area contributed by atoms with E-state index in [2.05, 4.69) is 27.4 Å². The van der Waals surface area contributed by atoms with Gasteiger partial charge in [0.1, 0.15) is 11.3 Å². The van der Waals surface area contributed by atoms with Crippen LogP contribution in [0.2, 0.25) is 5.02 Å². The highest BCUT2D eigenvalue weighted by molar-refractivity contribution is 6.35. The number of aromatic hydroxyl groups is 1. The maximum Gasteiger partial charge on any atom is 0.216 e. The molecule has 4 aromatic rings. The van der Waals surface area contributed by atoms with Crippen LogP contribution in [0.25, 0.3) is 32.8 Å². The molecular formula is C30H34Cl3FN4O2. The molecule has 0 radical (unpaired) electrons. The van der Waals surface area contributed by atoms with E-state index in [-0.39, 0.29) is 46.7 Å². The summed E-state index contributed by atoms with van der Waals surface area (Å²) in [6.45, 7) is 5.98. The van der Waals surface area contributed by atoms with Crippen molar-refractivity contribution in [1.29, 1.82) is 0 Å². The molecule has 2 saturated heterocycles. The summed E-state index contributed by atoms with van der Waals surface area (Å²) in [5.74, 6) is -0.0551. The van der Waals surface area contributed by atoms with Crippen LogP contribution in [0.4, 0.5) is 10.1 Å². The highest BCUT2D eigenvalue weighted by Crippen LogP contribution is 2.43. The summed E-state index contributed by atoms with van der Waals surface area (Å²) in [6, 6.07) is 15.4. The van der Waals surface area contributed by atoms with Crippen molar-refractivity contribution in [1.82, 2.24) is 15.6 Å². The van der Waals surface area contributed by atoms with Gasteiger partial charge in [0, 0.05) is 42.2 Å². The zero-order valence-corrected chi connectivity index (χ0v) is 24.6. The van der Waals surface area contributed by atoms with E-state index in [1.54, 1.807) is 12.1 Å². The van der Waals surface area contributed by atoms with Crippen LogP contribution < -0.4 is 20.3 Å². The molecule has 10 heteroatoms. The Balaban J connectivity index is 0.00000185. The first kappa shape index (κ1) is 30.4. The number of nitrogens with zero attached hydrogens (tertiary/aromatic N) is 2. The minimum Gasteiger partial charge on any atom is -0.508 e. The zero-order valence-electron chi connectivity index (χ0n) is 22.3. The molecule has 2 aliphatic heterocycles. The number of ether oxygens (including phenoxy) is 1. The van der Waals surface area contributed by atoms with Gasteiger partial charge in [0.05, 0.1) is 17.3 Å². The Bertz CT molecular complexity index is 1490. The summed E-state index contributed by atoms with van der Waals surface area (Å²) < 4.78 is 22.6. The van der Waals surface area contributed by atoms with E-state index in [4.69, 9.17) is 16.3 Å². The monoisotopic (exact) mass is 606 g/mol. The van der Waals surface area contributed by atoms with Gasteiger partial charge in [0.2, 0.25) is 5.88 Å². The molecule has 40 heavy (non-hydrogen) atoms. The number of aromatic nitrogens is 1. The SMILES string of the molecule is CCNCCCOc1cc(N2C[C@H]3CC[C@@H](C2)N3)c2cc(Cl)c(-c3cc(O)cc4ccccc34)c(F)c2n1.Cl.Cl. The number of hydrogen-bond acceptors (Lipinski definition) is 6. The molecule has 6 rings (SSSR count).